The highest BCUT2D eigenvalue weighted by Gasteiger charge is 2.21. The second kappa shape index (κ2) is 5.04. The molecule has 0 fully saturated rings. The summed E-state index contributed by atoms with van der Waals surface area (Å²) in [4.78, 5) is 10.9. The van der Waals surface area contributed by atoms with Crippen LogP contribution in [0.2, 0.25) is 0 Å². The molecule has 0 unspecified atom stereocenters. The summed E-state index contributed by atoms with van der Waals surface area (Å²) >= 11 is 0. The lowest BCUT2D eigenvalue weighted by Crippen LogP contribution is -2.09. The molecule has 0 atom stereocenters. The highest BCUT2D eigenvalue weighted by Crippen LogP contribution is 2.21. The number of hydrogen-bond acceptors (Lipinski definition) is 5. The number of nitrogens with zero attached hydrogens (tertiary/aromatic N) is 3. The number of hydrogen-bond donors (Lipinski definition) is 1. The Morgan fingerprint density at radius 2 is 2.10 bits per heavy atom. The molecule has 0 aliphatic rings. The van der Waals surface area contributed by atoms with E-state index in [1.807, 2.05) is 0 Å². The van der Waals surface area contributed by atoms with Crippen LogP contribution in [0, 0.1) is 6.92 Å². The summed E-state index contributed by atoms with van der Waals surface area (Å²) in [5.41, 5.74) is 0.750. The van der Waals surface area contributed by atoms with E-state index in [9.17, 15) is 13.2 Å². The second-order valence-corrected chi connectivity index (χ2v) is 6.39. The van der Waals surface area contributed by atoms with Crippen LogP contribution in [-0.4, -0.2) is 34.5 Å². The highest BCUT2D eigenvalue weighted by molar-refractivity contribution is 7.90. The zero-order valence-corrected chi connectivity index (χ0v) is 11.8. The van der Waals surface area contributed by atoms with Crippen LogP contribution in [0.3, 0.4) is 0 Å². The first-order valence-corrected chi connectivity index (χ1v) is 7.37. The van der Waals surface area contributed by atoms with Crippen molar-refractivity contribution in [2.45, 2.75) is 17.6 Å². The fraction of sp³-hybridized carbons (Fsp3) is 0.250. The Balaban J connectivity index is 2.43. The van der Waals surface area contributed by atoms with Crippen molar-refractivity contribution in [1.29, 1.82) is 0 Å². The van der Waals surface area contributed by atoms with Gasteiger partial charge in [-0.25, -0.2) is 13.2 Å². The Hall–Kier alpha value is -2.22. The fourth-order valence-corrected chi connectivity index (χ4v) is 3.34. The molecule has 7 nitrogen and oxygen atoms in total. The van der Waals surface area contributed by atoms with E-state index in [0.29, 0.717) is 11.3 Å². The first-order chi connectivity index (χ1) is 9.29. The van der Waals surface area contributed by atoms with Crippen molar-refractivity contribution in [3.63, 3.8) is 0 Å². The van der Waals surface area contributed by atoms with Crippen LogP contribution in [0.4, 0.5) is 0 Å². The van der Waals surface area contributed by atoms with E-state index >= 15 is 0 Å². The molecule has 0 radical (unpaired) electrons. The minimum atomic E-state index is -3.67. The van der Waals surface area contributed by atoms with Crippen molar-refractivity contribution in [2.75, 3.05) is 0 Å². The molecule has 1 heterocycles. The monoisotopic (exact) mass is 295 g/mol. The average molecular weight is 295 g/mol. The third-order valence-electron chi connectivity index (χ3n) is 2.76. The molecule has 0 aliphatic heterocycles. The summed E-state index contributed by atoms with van der Waals surface area (Å²) in [6.07, 6.45) is 1.51. The first kappa shape index (κ1) is 14.2. The summed E-state index contributed by atoms with van der Waals surface area (Å²) in [7, 11) is -2.03. The van der Waals surface area contributed by atoms with Gasteiger partial charge in [-0.1, -0.05) is 11.3 Å². The van der Waals surface area contributed by atoms with E-state index in [-0.39, 0.29) is 16.2 Å². The molecule has 20 heavy (non-hydrogen) atoms. The van der Waals surface area contributed by atoms with Gasteiger partial charge in [0.05, 0.1) is 16.2 Å². The van der Waals surface area contributed by atoms with E-state index in [2.05, 4.69) is 10.3 Å². The maximum atomic E-state index is 12.3. The van der Waals surface area contributed by atoms with Crippen molar-refractivity contribution >= 4 is 15.8 Å². The minimum absolute atomic E-state index is 0.00283. The molecule has 8 heteroatoms. The van der Waals surface area contributed by atoms with Gasteiger partial charge in [0.2, 0.25) is 0 Å². The lowest BCUT2D eigenvalue weighted by atomic mass is 10.1. The SMILES string of the molecule is Cc1ccc(C(=O)O)cc1S(=O)(=O)Cc1cn(C)nn1. The molecule has 2 rings (SSSR count). The number of carboxylic acids is 1. The van der Waals surface area contributed by atoms with Gasteiger partial charge < -0.3 is 5.11 Å². The molecule has 0 saturated carbocycles. The molecule has 2 aromatic rings. The predicted molar refractivity (Wildman–Crippen MR) is 70.0 cm³/mol. The number of aromatic nitrogens is 3. The zero-order chi connectivity index (χ0) is 14.9. The Kier molecular flexibility index (Phi) is 3.58. The van der Waals surface area contributed by atoms with Crippen LogP contribution < -0.4 is 0 Å². The number of benzene rings is 1. The van der Waals surface area contributed by atoms with Gasteiger partial charge in [0, 0.05) is 13.2 Å². The van der Waals surface area contributed by atoms with Gasteiger partial charge in [-0.15, -0.1) is 5.10 Å². The molecule has 0 aliphatic carbocycles. The molecule has 0 saturated heterocycles. The van der Waals surface area contributed by atoms with Crippen molar-refractivity contribution in [2.24, 2.45) is 7.05 Å². The van der Waals surface area contributed by atoms with Gasteiger partial charge in [0.15, 0.2) is 9.84 Å². The molecule has 0 spiro atoms. The number of aryl methyl sites for hydroxylation is 2. The van der Waals surface area contributed by atoms with Gasteiger partial charge in [0.25, 0.3) is 0 Å². The van der Waals surface area contributed by atoms with Crippen molar-refractivity contribution < 1.29 is 18.3 Å². The van der Waals surface area contributed by atoms with Gasteiger partial charge in [-0.3, -0.25) is 4.68 Å². The summed E-state index contributed by atoms with van der Waals surface area (Å²) in [5.74, 6) is -1.48. The minimum Gasteiger partial charge on any atom is -0.478 e. The summed E-state index contributed by atoms with van der Waals surface area (Å²) in [6.45, 7) is 1.62. The van der Waals surface area contributed by atoms with Crippen LogP contribution in [-0.2, 0) is 22.6 Å². The number of sulfone groups is 1. The maximum absolute atomic E-state index is 12.3. The Bertz CT molecular complexity index is 765. The average Bonchev–Trinajstić information content (AvgIpc) is 2.73. The third kappa shape index (κ3) is 2.85. The van der Waals surface area contributed by atoms with Crippen LogP contribution >= 0.6 is 0 Å². The molecule has 1 aromatic carbocycles. The van der Waals surface area contributed by atoms with Crippen LogP contribution in [0.1, 0.15) is 21.6 Å². The molecule has 0 bridgehead atoms. The maximum Gasteiger partial charge on any atom is 0.335 e. The van der Waals surface area contributed by atoms with E-state index in [0.717, 1.165) is 0 Å². The van der Waals surface area contributed by atoms with E-state index in [4.69, 9.17) is 5.11 Å². The number of rotatable bonds is 4. The van der Waals surface area contributed by atoms with E-state index in [1.54, 1.807) is 14.0 Å². The first-order valence-electron chi connectivity index (χ1n) is 5.71. The van der Waals surface area contributed by atoms with Crippen LogP contribution in [0.15, 0.2) is 29.3 Å². The van der Waals surface area contributed by atoms with E-state index in [1.165, 1.54) is 29.1 Å². The lowest BCUT2D eigenvalue weighted by molar-refractivity contribution is 0.0696. The Morgan fingerprint density at radius 3 is 2.65 bits per heavy atom. The Labute approximate surface area is 115 Å². The molecule has 0 amide bonds. The smallest absolute Gasteiger partial charge is 0.335 e. The third-order valence-corrected chi connectivity index (χ3v) is 4.54. The van der Waals surface area contributed by atoms with Gasteiger partial charge >= 0.3 is 5.97 Å². The van der Waals surface area contributed by atoms with Crippen molar-refractivity contribution in [3.05, 3.63) is 41.2 Å². The normalized spacial score (nSPS) is 11.5. The predicted octanol–water partition coefficient (Wildman–Crippen LogP) is 0.796. The number of carboxylic acid groups (broad SMARTS) is 1. The van der Waals surface area contributed by atoms with Crippen LogP contribution in [0.5, 0.6) is 0 Å². The zero-order valence-electron chi connectivity index (χ0n) is 10.9. The molecule has 106 valence electrons. The summed E-state index contributed by atoms with van der Waals surface area (Å²) < 4.78 is 26.1. The second-order valence-electron chi connectivity index (χ2n) is 4.43. The molecule has 1 N–H and O–H groups in total. The summed E-state index contributed by atoms with van der Waals surface area (Å²) in [5, 5.41) is 16.3. The van der Waals surface area contributed by atoms with Crippen molar-refractivity contribution in [3.8, 4) is 0 Å². The quantitative estimate of drug-likeness (QED) is 0.895. The number of carbonyl (C=O) groups is 1. The lowest BCUT2D eigenvalue weighted by Gasteiger charge is -2.07. The van der Waals surface area contributed by atoms with Gasteiger partial charge in [-0.05, 0) is 24.6 Å². The standard InChI is InChI=1S/C12H13N3O4S/c1-8-3-4-9(12(16)17)5-11(8)20(18,19)7-10-6-15(2)14-13-10/h3-6H,7H2,1-2H3,(H,16,17). The van der Waals surface area contributed by atoms with Gasteiger partial charge in [-0.2, -0.15) is 0 Å². The highest BCUT2D eigenvalue weighted by atomic mass is 32.2. The van der Waals surface area contributed by atoms with Crippen molar-refractivity contribution in [1.82, 2.24) is 15.0 Å². The molecular formula is C12H13N3O4S. The topological polar surface area (TPSA) is 102 Å². The van der Waals surface area contributed by atoms with E-state index < -0.39 is 15.8 Å². The van der Waals surface area contributed by atoms with Gasteiger partial charge in [0.1, 0.15) is 5.75 Å². The van der Waals surface area contributed by atoms with Crippen LogP contribution in [0.25, 0.3) is 0 Å². The largest absolute Gasteiger partial charge is 0.478 e. The molecular weight excluding hydrogens is 282 g/mol. The summed E-state index contributed by atoms with van der Waals surface area (Å²) in [6, 6.07) is 4.02. The number of aromatic carboxylic acids is 1. The molecule has 1 aromatic heterocycles. The fourth-order valence-electron chi connectivity index (χ4n) is 1.80. The Morgan fingerprint density at radius 1 is 1.40 bits per heavy atom.